The maximum Gasteiger partial charge on any atom is 0.235 e. The zero-order chi connectivity index (χ0) is 13.2. The summed E-state index contributed by atoms with van der Waals surface area (Å²) < 4.78 is 27.3. The Labute approximate surface area is 116 Å². The van der Waals surface area contributed by atoms with Gasteiger partial charge >= 0.3 is 0 Å². The first-order valence-corrected chi connectivity index (χ1v) is 8.27. The molecular weight excluding hydrogens is 318 g/mol. The van der Waals surface area contributed by atoms with Gasteiger partial charge in [0.25, 0.3) is 0 Å². The van der Waals surface area contributed by atoms with Gasteiger partial charge in [-0.05, 0) is 53.9 Å². The number of rotatable bonds is 4. The number of nitrogens with one attached hydrogen (secondary N) is 2. The highest BCUT2D eigenvalue weighted by atomic mass is 79.9. The van der Waals surface area contributed by atoms with Crippen LogP contribution in [0.1, 0.15) is 18.4 Å². The number of sulfonamides is 1. The highest BCUT2D eigenvalue weighted by Gasteiger charge is 2.22. The third kappa shape index (κ3) is 3.66. The van der Waals surface area contributed by atoms with Crippen LogP contribution in [0.4, 0.5) is 5.82 Å². The van der Waals surface area contributed by atoms with Crippen LogP contribution in [-0.4, -0.2) is 31.7 Å². The maximum atomic E-state index is 11.9. The number of nitrogens with zero attached hydrogens (tertiary/aromatic N) is 1. The van der Waals surface area contributed by atoms with Gasteiger partial charge in [0, 0.05) is 16.7 Å². The Bertz CT molecular complexity index is 527. The molecule has 1 atom stereocenters. The maximum absolute atomic E-state index is 11.9. The van der Waals surface area contributed by atoms with Gasteiger partial charge in [-0.2, -0.15) is 0 Å². The van der Waals surface area contributed by atoms with Gasteiger partial charge in [0.2, 0.25) is 10.0 Å². The summed E-state index contributed by atoms with van der Waals surface area (Å²) in [5.74, 6) is 0.470. The predicted molar refractivity (Wildman–Crippen MR) is 75.1 cm³/mol. The molecule has 0 aliphatic carbocycles. The number of hydrogen-bond acceptors (Lipinski definition) is 4. The van der Waals surface area contributed by atoms with Crippen LogP contribution in [0.25, 0.3) is 0 Å². The highest BCUT2D eigenvalue weighted by molar-refractivity contribution is 9.10. The van der Waals surface area contributed by atoms with E-state index in [1.54, 1.807) is 12.3 Å². The smallest absolute Gasteiger partial charge is 0.235 e. The van der Waals surface area contributed by atoms with Crippen LogP contribution in [0, 0.1) is 6.92 Å². The number of aromatic nitrogens is 1. The Morgan fingerprint density at radius 2 is 2.39 bits per heavy atom. The number of pyridine rings is 1. The van der Waals surface area contributed by atoms with Crippen molar-refractivity contribution in [2.24, 2.45) is 0 Å². The Morgan fingerprint density at radius 1 is 1.61 bits per heavy atom. The molecule has 18 heavy (non-hydrogen) atoms. The number of halogens is 1. The molecule has 0 bridgehead atoms. The first kappa shape index (κ1) is 13.8. The summed E-state index contributed by atoms with van der Waals surface area (Å²) in [6.45, 7) is 2.79. The first-order chi connectivity index (χ1) is 8.46. The van der Waals surface area contributed by atoms with Crippen LogP contribution in [0.15, 0.2) is 16.7 Å². The molecule has 2 rings (SSSR count). The van der Waals surface area contributed by atoms with E-state index in [0.717, 1.165) is 29.4 Å². The molecule has 1 aliphatic rings. The normalized spacial score (nSPS) is 20.0. The van der Waals surface area contributed by atoms with E-state index in [2.05, 4.69) is 31.0 Å². The quantitative estimate of drug-likeness (QED) is 0.878. The second kappa shape index (κ2) is 5.54. The number of aryl methyl sites for hydroxylation is 1. The summed E-state index contributed by atoms with van der Waals surface area (Å²) in [6.07, 6.45) is 3.55. The van der Waals surface area contributed by atoms with E-state index in [1.165, 1.54) is 0 Å². The van der Waals surface area contributed by atoms with Crippen LogP contribution in [0.3, 0.4) is 0 Å². The fourth-order valence-corrected chi connectivity index (χ4v) is 3.50. The summed E-state index contributed by atoms with van der Waals surface area (Å²) >= 11 is 3.33. The van der Waals surface area contributed by atoms with Crippen LogP contribution in [0.2, 0.25) is 0 Å². The minimum atomic E-state index is -3.34. The zero-order valence-electron chi connectivity index (χ0n) is 10.1. The van der Waals surface area contributed by atoms with Crippen LogP contribution in [-0.2, 0) is 10.0 Å². The van der Waals surface area contributed by atoms with Crippen molar-refractivity contribution >= 4 is 31.8 Å². The molecule has 1 saturated heterocycles. The lowest BCUT2D eigenvalue weighted by Gasteiger charge is -2.12. The topological polar surface area (TPSA) is 71.1 Å². The molecule has 0 aromatic carbocycles. The molecular formula is C11H16BrN3O2S. The average molecular weight is 334 g/mol. The number of anilines is 1. The van der Waals surface area contributed by atoms with Crippen molar-refractivity contribution in [3.63, 3.8) is 0 Å². The molecule has 0 saturated carbocycles. The summed E-state index contributed by atoms with van der Waals surface area (Å²) in [5, 5.41) is 3.17. The van der Waals surface area contributed by atoms with Gasteiger partial charge in [0.15, 0.2) is 0 Å². The predicted octanol–water partition coefficient (Wildman–Crippen LogP) is 1.65. The van der Waals surface area contributed by atoms with E-state index in [-0.39, 0.29) is 11.8 Å². The van der Waals surface area contributed by atoms with Gasteiger partial charge in [0.05, 0.1) is 5.75 Å². The van der Waals surface area contributed by atoms with Crippen LogP contribution in [0.5, 0.6) is 0 Å². The van der Waals surface area contributed by atoms with Gasteiger partial charge in [-0.3, -0.25) is 4.72 Å². The molecule has 5 nitrogen and oxygen atoms in total. The summed E-state index contributed by atoms with van der Waals surface area (Å²) in [5.41, 5.74) is 0.946. The SMILES string of the molecule is Cc1cc(NS(=O)(=O)CC2CCCN2)ncc1Br. The van der Waals surface area contributed by atoms with Gasteiger partial charge in [0.1, 0.15) is 5.82 Å². The van der Waals surface area contributed by atoms with Crippen molar-refractivity contribution in [1.29, 1.82) is 0 Å². The molecule has 1 unspecified atom stereocenters. The molecule has 7 heteroatoms. The van der Waals surface area contributed by atoms with Gasteiger partial charge in [-0.15, -0.1) is 0 Å². The molecule has 2 N–H and O–H groups in total. The number of hydrogen-bond donors (Lipinski definition) is 2. The third-order valence-electron chi connectivity index (χ3n) is 2.89. The third-order valence-corrected chi connectivity index (χ3v) is 5.08. The van der Waals surface area contributed by atoms with Crippen molar-refractivity contribution in [3.8, 4) is 0 Å². The molecule has 0 spiro atoms. The Balaban J connectivity index is 2.04. The Hall–Kier alpha value is -0.660. The summed E-state index contributed by atoms with van der Waals surface area (Å²) in [4.78, 5) is 4.04. The van der Waals surface area contributed by atoms with Crippen LogP contribution >= 0.6 is 15.9 Å². The second-order valence-corrected chi connectivity index (χ2v) is 7.12. The first-order valence-electron chi connectivity index (χ1n) is 5.82. The van der Waals surface area contributed by atoms with Crippen molar-refractivity contribution in [1.82, 2.24) is 10.3 Å². The zero-order valence-corrected chi connectivity index (χ0v) is 12.5. The molecule has 100 valence electrons. The fraction of sp³-hybridized carbons (Fsp3) is 0.545. The lowest BCUT2D eigenvalue weighted by Crippen LogP contribution is -2.33. The fourth-order valence-electron chi connectivity index (χ4n) is 1.96. The molecule has 2 heterocycles. The van der Waals surface area contributed by atoms with Crippen LogP contribution < -0.4 is 10.0 Å². The lowest BCUT2D eigenvalue weighted by molar-refractivity contribution is 0.581. The Morgan fingerprint density at radius 3 is 3.00 bits per heavy atom. The minimum absolute atomic E-state index is 0.0547. The van der Waals surface area contributed by atoms with E-state index in [9.17, 15) is 8.42 Å². The van der Waals surface area contributed by atoms with Gasteiger partial charge in [-0.1, -0.05) is 0 Å². The van der Waals surface area contributed by atoms with Crippen molar-refractivity contribution in [2.75, 3.05) is 17.0 Å². The molecule has 0 amide bonds. The van der Waals surface area contributed by atoms with Gasteiger partial charge in [-0.25, -0.2) is 13.4 Å². The molecule has 1 aliphatic heterocycles. The van der Waals surface area contributed by atoms with Crippen molar-refractivity contribution in [2.45, 2.75) is 25.8 Å². The molecule has 0 radical (unpaired) electrons. The second-order valence-electron chi connectivity index (χ2n) is 4.50. The van der Waals surface area contributed by atoms with Crippen molar-refractivity contribution < 1.29 is 8.42 Å². The van der Waals surface area contributed by atoms with E-state index < -0.39 is 10.0 Å². The van der Waals surface area contributed by atoms with E-state index in [0.29, 0.717) is 5.82 Å². The Kier molecular flexibility index (Phi) is 4.24. The summed E-state index contributed by atoms with van der Waals surface area (Å²) in [7, 11) is -3.34. The average Bonchev–Trinajstić information content (AvgIpc) is 2.75. The lowest BCUT2D eigenvalue weighted by atomic mass is 10.3. The highest BCUT2D eigenvalue weighted by Crippen LogP contribution is 2.18. The van der Waals surface area contributed by atoms with E-state index in [4.69, 9.17) is 0 Å². The minimum Gasteiger partial charge on any atom is -0.313 e. The standard InChI is InChI=1S/C11H16BrN3O2S/c1-8-5-11(14-6-10(8)12)15-18(16,17)7-9-3-2-4-13-9/h5-6,9,13H,2-4,7H2,1H3,(H,14,15). The largest absolute Gasteiger partial charge is 0.313 e. The van der Waals surface area contributed by atoms with Crippen molar-refractivity contribution in [3.05, 3.63) is 22.3 Å². The van der Waals surface area contributed by atoms with Gasteiger partial charge < -0.3 is 5.32 Å². The van der Waals surface area contributed by atoms with E-state index in [1.807, 2.05) is 6.92 Å². The molecule has 1 fully saturated rings. The molecule has 1 aromatic rings. The summed E-state index contributed by atoms with van der Waals surface area (Å²) in [6, 6.07) is 1.77. The monoisotopic (exact) mass is 333 g/mol. The molecule has 1 aromatic heterocycles. The van der Waals surface area contributed by atoms with E-state index >= 15 is 0 Å².